The summed E-state index contributed by atoms with van der Waals surface area (Å²) in [5.41, 5.74) is 2.74. The molecule has 1 aromatic rings. The van der Waals surface area contributed by atoms with Crippen molar-refractivity contribution < 1.29 is 17.5 Å². The van der Waals surface area contributed by atoms with E-state index in [0.717, 1.165) is 0 Å². The standard InChI is InChI=1S/C8H10.H3N.H2O4S/c1-7-5-3-4-6-8(7)2;;1-5(2,3)4/h3-6H,1-2H3;1H3;(H2,1,2,3,4). The molecule has 0 saturated carbocycles. The first-order valence-electron chi connectivity index (χ1n) is 3.53. The first kappa shape index (κ1) is 15.5. The number of hydrogen-bond acceptors (Lipinski definition) is 3. The van der Waals surface area contributed by atoms with Gasteiger partial charge in [0.15, 0.2) is 0 Å². The fraction of sp³-hybridized carbons (Fsp3) is 0.250. The van der Waals surface area contributed by atoms with Gasteiger partial charge in [0.2, 0.25) is 0 Å². The molecule has 0 fully saturated rings. The van der Waals surface area contributed by atoms with E-state index in [2.05, 4.69) is 38.1 Å². The largest absolute Gasteiger partial charge is 0.394 e. The summed E-state index contributed by atoms with van der Waals surface area (Å²) in [6.45, 7) is 4.24. The Bertz CT molecular complexity index is 332. The monoisotopic (exact) mass is 221 g/mol. The van der Waals surface area contributed by atoms with Crippen molar-refractivity contribution >= 4 is 10.4 Å². The van der Waals surface area contributed by atoms with Gasteiger partial charge >= 0.3 is 10.4 Å². The van der Waals surface area contributed by atoms with Crippen molar-refractivity contribution in [2.45, 2.75) is 13.8 Å². The average Bonchev–Trinajstić information content (AvgIpc) is 1.92. The van der Waals surface area contributed by atoms with Crippen LogP contribution in [-0.2, 0) is 10.4 Å². The lowest BCUT2D eigenvalue weighted by molar-refractivity contribution is 0.381. The van der Waals surface area contributed by atoms with Crippen molar-refractivity contribution in [1.82, 2.24) is 6.15 Å². The lowest BCUT2D eigenvalue weighted by Gasteiger charge is -1.93. The van der Waals surface area contributed by atoms with Crippen LogP contribution in [0.5, 0.6) is 0 Å². The minimum absolute atomic E-state index is 0. The molecule has 0 saturated heterocycles. The minimum atomic E-state index is -4.67. The summed E-state index contributed by atoms with van der Waals surface area (Å²) >= 11 is 0. The molecular weight excluding hydrogens is 206 g/mol. The topological polar surface area (TPSA) is 110 Å². The van der Waals surface area contributed by atoms with E-state index in [9.17, 15) is 0 Å². The van der Waals surface area contributed by atoms with Gasteiger partial charge in [0.1, 0.15) is 0 Å². The van der Waals surface area contributed by atoms with Crippen LogP contribution in [0.2, 0.25) is 0 Å². The summed E-state index contributed by atoms with van der Waals surface area (Å²) in [6, 6.07) is 8.36. The Labute approximate surface area is 83.9 Å². The number of aryl methyl sites for hydroxylation is 2. The van der Waals surface area contributed by atoms with Gasteiger partial charge in [0.05, 0.1) is 0 Å². The molecule has 82 valence electrons. The van der Waals surface area contributed by atoms with Crippen LogP contribution in [0, 0.1) is 13.8 Å². The van der Waals surface area contributed by atoms with Crippen molar-refractivity contribution in [2.24, 2.45) is 0 Å². The van der Waals surface area contributed by atoms with Crippen molar-refractivity contribution in [3.8, 4) is 0 Å². The number of hydrogen-bond donors (Lipinski definition) is 3. The molecule has 0 heterocycles. The molecule has 0 radical (unpaired) electrons. The fourth-order valence-corrected chi connectivity index (χ4v) is 0.663. The first-order valence-corrected chi connectivity index (χ1v) is 4.92. The normalized spacial score (nSPS) is 9.43. The summed E-state index contributed by atoms with van der Waals surface area (Å²) in [6.07, 6.45) is 0. The Balaban J connectivity index is 0. The SMILES string of the molecule is Cc1ccccc1C.N.O=S(=O)(O)O. The van der Waals surface area contributed by atoms with Crippen LogP contribution in [0.15, 0.2) is 24.3 Å². The van der Waals surface area contributed by atoms with Crippen molar-refractivity contribution in [3.05, 3.63) is 35.4 Å². The van der Waals surface area contributed by atoms with Crippen LogP contribution in [0.4, 0.5) is 0 Å². The number of benzene rings is 1. The molecule has 6 heteroatoms. The maximum absolute atomic E-state index is 8.74. The Morgan fingerprint density at radius 1 is 1.00 bits per heavy atom. The van der Waals surface area contributed by atoms with Crippen LogP contribution in [0.1, 0.15) is 11.1 Å². The van der Waals surface area contributed by atoms with E-state index in [0.29, 0.717) is 0 Å². The minimum Gasteiger partial charge on any atom is -0.344 e. The molecule has 0 aliphatic rings. The maximum atomic E-state index is 8.74. The third-order valence-corrected chi connectivity index (χ3v) is 1.43. The van der Waals surface area contributed by atoms with Crippen LogP contribution in [0.3, 0.4) is 0 Å². The Morgan fingerprint density at radius 3 is 1.36 bits per heavy atom. The molecule has 0 amide bonds. The van der Waals surface area contributed by atoms with Crippen LogP contribution < -0.4 is 6.15 Å². The van der Waals surface area contributed by atoms with E-state index in [4.69, 9.17) is 17.5 Å². The highest BCUT2D eigenvalue weighted by atomic mass is 32.3. The van der Waals surface area contributed by atoms with E-state index >= 15 is 0 Å². The summed E-state index contributed by atoms with van der Waals surface area (Å²) in [7, 11) is -4.67. The molecule has 0 unspecified atom stereocenters. The van der Waals surface area contributed by atoms with Crippen LogP contribution in [-0.4, -0.2) is 17.5 Å². The second-order valence-corrected chi connectivity index (χ2v) is 3.43. The lowest BCUT2D eigenvalue weighted by atomic mass is 10.1. The molecule has 0 aliphatic heterocycles. The summed E-state index contributed by atoms with van der Waals surface area (Å²) in [5, 5.41) is 0. The molecule has 1 aromatic carbocycles. The third kappa shape index (κ3) is 11.1. The summed E-state index contributed by atoms with van der Waals surface area (Å²) < 4.78 is 31.6. The molecule has 5 N–H and O–H groups in total. The quantitative estimate of drug-likeness (QED) is 0.579. The Kier molecular flexibility index (Phi) is 7.20. The maximum Gasteiger partial charge on any atom is 0.394 e. The van der Waals surface area contributed by atoms with Gasteiger partial charge in [-0.3, -0.25) is 9.11 Å². The van der Waals surface area contributed by atoms with Crippen LogP contribution >= 0.6 is 0 Å². The van der Waals surface area contributed by atoms with Gasteiger partial charge in [0, 0.05) is 0 Å². The number of rotatable bonds is 0. The van der Waals surface area contributed by atoms with E-state index in [-0.39, 0.29) is 6.15 Å². The van der Waals surface area contributed by atoms with Gasteiger partial charge in [-0.1, -0.05) is 24.3 Å². The molecular formula is C8H15NO4S. The van der Waals surface area contributed by atoms with Gasteiger partial charge in [-0.25, -0.2) is 0 Å². The molecule has 14 heavy (non-hydrogen) atoms. The smallest absolute Gasteiger partial charge is 0.344 e. The molecule has 5 nitrogen and oxygen atoms in total. The van der Waals surface area contributed by atoms with Gasteiger partial charge in [-0.05, 0) is 25.0 Å². The summed E-state index contributed by atoms with van der Waals surface area (Å²) in [4.78, 5) is 0. The highest BCUT2D eigenvalue weighted by Crippen LogP contribution is 2.02. The zero-order valence-corrected chi connectivity index (χ0v) is 8.95. The molecule has 1 rings (SSSR count). The predicted octanol–water partition coefficient (Wildman–Crippen LogP) is 1.81. The zero-order valence-electron chi connectivity index (χ0n) is 8.14. The molecule has 0 aliphatic carbocycles. The lowest BCUT2D eigenvalue weighted by Crippen LogP contribution is -1.89. The van der Waals surface area contributed by atoms with E-state index in [1.807, 2.05) is 0 Å². The van der Waals surface area contributed by atoms with Crippen molar-refractivity contribution in [3.63, 3.8) is 0 Å². The van der Waals surface area contributed by atoms with Gasteiger partial charge in [-0.15, -0.1) is 0 Å². The van der Waals surface area contributed by atoms with Crippen molar-refractivity contribution in [1.29, 1.82) is 0 Å². The van der Waals surface area contributed by atoms with Gasteiger partial charge in [0.25, 0.3) is 0 Å². The predicted molar refractivity (Wildman–Crippen MR) is 55.1 cm³/mol. The van der Waals surface area contributed by atoms with E-state index in [1.54, 1.807) is 0 Å². The molecule has 0 atom stereocenters. The Hall–Kier alpha value is -0.950. The highest BCUT2D eigenvalue weighted by molar-refractivity contribution is 7.79. The van der Waals surface area contributed by atoms with Crippen molar-refractivity contribution in [2.75, 3.05) is 0 Å². The fourth-order valence-electron chi connectivity index (χ4n) is 0.663. The Morgan fingerprint density at radius 2 is 1.21 bits per heavy atom. The second kappa shape index (κ2) is 6.50. The van der Waals surface area contributed by atoms with E-state index in [1.165, 1.54) is 11.1 Å². The summed E-state index contributed by atoms with van der Waals surface area (Å²) in [5.74, 6) is 0. The molecule has 0 bridgehead atoms. The zero-order chi connectivity index (χ0) is 10.5. The van der Waals surface area contributed by atoms with Gasteiger partial charge in [-0.2, -0.15) is 8.42 Å². The second-order valence-electron chi connectivity index (χ2n) is 2.53. The van der Waals surface area contributed by atoms with E-state index < -0.39 is 10.4 Å². The highest BCUT2D eigenvalue weighted by Gasteiger charge is 1.85. The molecule has 0 spiro atoms. The van der Waals surface area contributed by atoms with Crippen LogP contribution in [0.25, 0.3) is 0 Å². The first-order chi connectivity index (χ1) is 5.80. The van der Waals surface area contributed by atoms with Gasteiger partial charge < -0.3 is 6.15 Å². The molecule has 0 aromatic heterocycles. The third-order valence-electron chi connectivity index (χ3n) is 1.43. The average molecular weight is 221 g/mol.